The van der Waals surface area contributed by atoms with Crippen LogP contribution < -0.4 is 11.1 Å². The molecule has 4 nitrogen and oxygen atoms in total. The predicted molar refractivity (Wildman–Crippen MR) is 64.4 cm³/mol. The quantitative estimate of drug-likeness (QED) is 0.737. The molecule has 2 heterocycles. The number of benzene rings is 1. The van der Waals surface area contributed by atoms with Crippen molar-refractivity contribution in [3.05, 3.63) is 24.3 Å². The first kappa shape index (κ1) is 9.93. The van der Waals surface area contributed by atoms with E-state index in [9.17, 15) is 0 Å². The molecular weight excluding hydrogens is 202 g/mol. The van der Waals surface area contributed by atoms with E-state index in [1.807, 2.05) is 18.2 Å². The normalized spacial score (nSPS) is 22.5. The molecule has 0 radical (unpaired) electrons. The van der Waals surface area contributed by atoms with Crippen molar-refractivity contribution in [2.45, 2.75) is 12.1 Å². The van der Waals surface area contributed by atoms with Crippen LogP contribution in [0, 0.1) is 0 Å². The Bertz CT molecular complexity index is 372. The van der Waals surface area contributed by atoms with Crippen LogP contribution in [0.15, 0.2) is 24.3 Å². The highest BCUT2D eigenvalue weighted by molar-refractivity contribution is 5.54. The number of nitrogens with zero attached hydrogens (tertiary/aromatic N) is 1. The van der Waals surface area contributed by atoms with Gasteiger partial charge in [-0.3, -0.25) is 4.90 Å². The average molecular weight is 219 g/mol. The summed E-state index contributed by atoms with van der Waals surface area (Å²) in [5.74, 6) is 0. The highest BCUT2D eigenvalue weighted by atomic mass is 16.5. The second-order valence-corrected chi connectivity index (χ2v) is 4.61. The summed E-state index contributed by atoms with van der Waals surface area (Å²) in [5.41, 5.74) is 7.67. The molecule has 0 atom stereocenters. The number of anilines is 2. The summed E-state index contributed by atoms with van der Waals surface area (Å²) in [6.07, 6.45) is 0. The van der Waals surface area contributed by atoms with Crippen molar-refractivity contribution in [1.29, 1.82) is 0 Å². The van der Waals surface area contributed by atoms with Crippen LogP contribution in [0.5, 0.6) is 0 Å². The monoisotopic (exact) mass is 219 g/mol. The minimum atomic E-state index is 0.558. The number of nitrogens with two attached hydrogens (primary N) is 1. The van der Waals surface area contributed by atoms with E-state index in [1.54, 1.807) is 0 Å². The first-order valence-corrected chi connectivity index (χ1v) is 5.75. The van der Waals surface area contributed by atoms with Crippen molar-refractivity contribution in [1.82, 2.24) is 4.90 Å². The number of nitrogen functional groups attached to an aromatic ring is 1. The summed E-state index contributed by atoms with van der Waals surface area (Å²) in [6, 6.07) is 9.15. The minimum absolute atomic E-state index is 0.558. The Kier molecular flexibility index (Phi) is 2.46. The molecule has 0 bridgehead atoms. The van der Waals surface area contributed by atoms with Gasteiger partial charge in [0.1, 0.15) is 0 Å². The topological polar surface area (TPSA) is 50.5 Å². The summed E-state index contributed by atoms with van der Waals surface area (Å²) in [6.45, 7) is 4.04. The minimum Gasteiger partial charge on any atom is -0.399 e. The lowest BCUT2D eigenvalue weighted by atomic mass is 10.0. The second-order valence-electron chi connectivity index (χ2n) is 4.61. The average Bonchev–Trinajstić information content (AvgIpc) is 2.11. The van der Waals surface area contributed by atoms with E-state index in [2.05, 4.69) is 16.3 Å². The number of hydrogen-bond acceptors (Lipinski definition) is 4. The fourth-order valence-corrected chi connectivity index (χ4v) is 2.20. The Morgan fingerprint density at radius 1 is 1.31 bits per heavy atom. The highest BCUT2D eigenvalue weighted by Crippen LogP contribution is 2.21. The smallest absolute Gasteiger partial charge is 0.0645 e. The van der Waals surface area contributed by atoms with Crippen LogP contribution in [-0.4, -0.2) is 43.3 Å². The van der Waals surface area contributed by atoms with E-state index in [0.717, 1.165) is 37.7 Å². The molecule has 0 amide bonds. The molecule has 0 unspecified atom stereocenters. The molecular formula is C12H17N3O. The number of rotatable bonds is 3. The SMILES string of the molecule is Nc1cccc(NC2CN(C3COC3)C2)c1. The molecule has 86 valence electrons. The van der Waals surface area contributed by atoms with Crippen LogP contribution in [-0.2, 0) is 4.74 Å². The molecule has 2 fully saturated rings. The maximum atomic E-state index is 5.73. The van der Waals surface area contributed by atoms with E-state index in [0.29, 0.717) is 12.1 Å². The lowest BCUT2D eigenvalue weighted by Gasteiger charge is -2.47. The summed E-state index contributed by atoms with van der Waals surface area (Å²) >= 11 is 0. The van der Waals surface area contributed by atoms with Gasteiger partial charge >= 0.3 is 0 Å². The number of nitrogens with one attached hydrogen (secondary N) is 1. The molecule has 1 aromatic rings. The van der Waals surface area contributed by atoms with E-state index in [-0.39, 0.29) is 0 Å². The Hall–Kier alpha value is -1.26. The van der Waals surface area contributed by atoms with Crippen LogP contribution >= 0.6 is 0 Å². The number of likely N-dealkylation sites (tertiary alicyclic amines) is 1. The lowest BCUT2D eigenvalue weighted by molar-refractivity contribution is -0.0874. The fraction of sp³-hybridized carbons (Fsp3) is 0.500. The summed E-state index contributed by atoms with van der Waals surface area (Å²) in [7, 11) is 0. The summed E-state index contributed by atoms with van der Waals surface area (Å²) in [5, 5.41) is 3.49. The summed E-state index contributed by atoms with van der Waals surface area (Å²) < 4.78 is 5.18. The van der Waals surface area contributed by atoms with Crippen molar-refractivity contribution in [2.24, 2.45) is 0 Å². The van der Waals surface area contributed by atoms with E-state index in [4.69, 9.17) is 10.5 Å². The maximum Gasteiger partial charge on any atom is 0.0645 e. The van der Waals surface area contributed by atoms with E-state index < -0.39 is 0 Å². The molecule has 2 saturated heterocycles. The molecule has 16 heavy (non-hydrogen) atoms. The highest BCUT2D eigenvalue weighted by Gasteiger charge is 2.35. The maximum absolute atomic E-state index is 5.73. The van der Waals surface area contributed by atoms with Gasteiger partial charge in [0.05, 0.1) is 25.3 Å². The van der Waals surface area contributed by atoms with Crippen LogP contribution in [0.25, 0.3) is 0 Å². The first-order valence-electron chi connectivity index (χ1n) is 5.75. The lowest BCUT2D eigenvalue weighted by Crippen LogP contribution is -2.63. The summed E-state index contributed by atoms with van der Waals surface area (Å²) in [4.78, 5) is 2.47. The third-order valence-corrected chi connectivity index (χ3v) is 3.30. The molecule has 2 aliphatic heterocycles. The van der Waals surface area contributed by atoms with Gasteiger partial charge < -0.3 is 15.8 Å². The van der Waals surface area contributed by atoms with Crippen molar-refractivity contribution >= 4 is 11.4 Å². The van der Waals surface area contributed by atoms with Gasteiger partial charge in [0, 0.05) is 24.5 Å². The van der Waals surface area contributed by atoms with Crippen LogP contribution in [0.4, 0.5) is 11.4 Å². The molecule has 3 N–H and O–H groups in total. The Morgan fingerprint density at radius 3 is 2.75 bits per heavy atom. The molecule has 0 saturated carbocycles. The van der Waals surface area contributed by atoms with Crippen molar-refractivity contribution in [2.75, 3.05) is 37.4 Å². The van der Waals surface area contributed by atoms with Gasteiger partial charge in [-0.15, -0.1) is 0 Å². The first-order chi connectivity index (χ1) is 7.81. The van der Waals surface area contributed by atoms with E-state index >= 15 is 0 Å². The van der Waals surface area contributed by atoms with Crippen molar-refractivity contribution in [3.8, 4) is 0 Å². The largest absolute Gasteiger partial charge is 0.399 e. The van der Waals surface area contributed by atoms with Crippen molar-refractivity contribution in [3.63, 3.8) is 0 Å². The second kappa shape index (κ2) is 3.96. The van der Waals surface area contributed by atoms with Gasteiger partial charge in [0.25, 0.3) is 0 Å². The van der Waals surface area contributed by atoms with Gasteiger partial charge in [-0.05, 0) is 18.2 Å². The zero-order chi connectivity index (χ0) is 11.0. The fourth-order valence-electron chi connectivity index (χ4n) is 2.20. The van der Waals surface area contributed by atoms with Gasteiger partial charge in [-0.2, -0.15) is 0 Å². The van der Waals surface area contributed by atoms with Crippen LogP contribution in [0.2, 0.25) is 0 Å². The third-order valence-electron chi connectivity index (χ3n) is 3.30. The molecule has 0 aromatic heterocycles. The van der Waals surface area contributed by atoms with Gasteiger partial charge in [-0.1, -0.05) is 6.07 Å². The number of ether oxygens (including phenoxy) is 1. The Morgan fingerprint density at radius 2 is 2.12 bits per heavy atom. The zero-order valence-corrected chi connectivity index (χ0v) is 9.23. The van der Waals surface area contributed by atoms with Gasteiger partial charge in [0.15, 0.2) is 0 Å². The predicted octanol–water partition coefficient (Wildman–Crippen LogP) is 0.764. The Balaban J connectivity index is 1.50. The van der Waals surface area contributed by atoms with Crippen LogP contribution in [0.1, 0.15) is 0 Å². The standard InChI is InChI=1S/C12H17N3O/c13-9-2-1-3-10(4-9)14-11-5-15(6-11)12-7-16-8-12/h1-4,11-12,14H,5-8,13H2. The molecule has 0 spiro atoms. The molecule has 2 aliphatic rings. The molecule has 1 aromatic carbocycles. The molecule has 4 heteroatoms. The number of hydrogen-bond donors (Lipinski definition) is 2. The third kappa shape index (κ3) is 1.86. The van der Waals surface area contributed by atoms with Gasteiger partial charge in [0.2, 0.25) is 0 Å². The molecule has 3 rings (SSSR count). The molecule has 0 aliphatic carbocycles. The van der Waals surface area contributed by atoms with E-state index in [1.165, 1.54) is 0 Å². The van der Waals surface area contributed by atoms with Crippen molar-refractivity contribution < 1.29 is 4.74 Å². The van der Waals surface area contributed by atoms with Gasteiger partial charge in [-0.25, -0.2) is 0 Å². The Labute approximate surface area is 95.4 Å². The zero-order valence-electron chi connectivity index (χ0n) is 9.23. The van der Waals surface area contributed by atoms with Crippen LogP contribution in [0.3, 0.4) is 0 Å².